The fourth-order valence-electron chi connectivity index (χ4n) is 9.82. The molecule has 1 heteroatoms. The van der Waals surface area contributed by atoms with Crippen LogP contribution in [0.4, 0.5) is 0 Å². The van der Waals surface area contributed by atoms with Gasteiger partial charge in [0.15, 0.2) is 0 Å². The van der Waals surface area contributed by atoms with E-state index in [9.17, 15) is 5.11 Å². The molecule has 0 aromatic carbocycles. The van der Waals surface area contributed by atoms with Gasteiger partial charge in [0.05, 0.1) is 6.10 Å². The predicted molar refractivity (Wildman–Crippen MR) is 133 cm³/mol. The van der Waals surface area contributed by atoms with E-state index < -0.39 is 0 Å². The summed E-state index contributed by atoms with van der Waals surface area (Å²) in [6.45, 7) is 19.7. The van der Waals surface area contributed by atoms with Gasteiger partial charge in [0.2, 0.25) is 0 Å². The third-order valence-corrected chi connectivity index (χ3v) is 12.1. The average molecular weight is 429 g/mol. The zero-order valence-corrected chi connectivity index (χ0v) is 22.0. The fourth-order valence-corrected chi connectivity index (χ4v) is 9.82. The van der Waals surface area contributed by atoms with Gasteiger partial charge in [0.25, 0.3) is 0 Å². The zero-order chi connectivity index (χ0) is 22.7. The van der Waals surface area contributed by atoms with Gasteiger partial charge in [0.1, 0.15) is 0 Å². The Morgan fingerprint density at radius 2 is 1.45 bits per heavy atom. The maximum Gasteiger partial charge on any atom is 0.0568 e. The van der Waals surface area contributed by atoms with Crippen LogP contribution in [-0.4, -0.2) is 11.2 Å². The van der Waals surface area contributed by atoms with Gasteiger partial charge in [-0.2, -0.15) is 0 Å². The molecule has 0 aromatic rings. The van der Waals surface area contributed by atoms with Crippen LogP contribution in [0.25, 0.3) is 0 Å². The van der Waals surface area contributed by atoms with Crippen LogP contribution in [0.15, 0.2) is 11.6 Å². The lowest BCUT2D eigenvalue weighted by atomic mass is 9.43. The largest absolute Gasteiger partial charge is 0.393 e. The smallest absolute Gasteiger partial charge is 0.0568 e. The second-order valence-corrected chi connectivity index (χ2v) is 13.6. The second kappa shape index (κ2) is 8.48. The van der Waals surface area contributed by atoms with Crippen molar-refractivity contribution in [3.8, 4) is 0 Å². The van der Waals surface area contributed by atoms with Gasteiger partial charge in [-0.15, -0.1) is 0 Å². The number of aliphatic hydroxyl groups is 1. The Kier molecular flexibility index (Phi) is 6.53. The summed E-state index contributed by atoms with van der Waals surface area (Å²) in [6.07, 6.45) is 13.5. The zero-order valence-electron chi connectivity index (χ0n) is 22.0. The quantitative estimate of drug-likeness (QED) is 0.448. The van der Waals surface area contributed by atoms with Crippen LogP contribution in [0, 0.1) is 64.1 Å². The highest BCUT2D eigenvalue weighted by Crippen LogP contribution is 2.68. The summed E-state index contributed by atoms with van der Waals surface area (Å²) >= 11 is 0. The first kappa shape index (κ1) is 23.8. The molecule has 1 nitrogen and oxygen atoms in total. The highest BCUT2D eigenvalue weighted by atomic mass is 16.3. The minimum absolute atomic E-state index is 0.0524. The third-order valence-electron chi connectivity index (χ3n) is 12.1. The fraction of sp³-hybridized carbons (Fsp3) is 0.933. The van der Waals surface area contributed by atoms with Crippen LogP contribution in [0.2, 0.25) is 0 Å². The van der Waals surface area contributed by atoms with Gasteiger partial charge in [-0.3, -0.25) is 0 Å². The van der Waals surface area contributed by atoms with Crippen LogP contribution in [0.5, 0.6) is 0 Å². The van der Waals surface area contributed by atoms with E-state index in [1.54, 1.807) is 5.57 Å². The van der Waals surface area contributed by atoms with Crippen molar-refractivity contribution in [1.29, 1.82) is 0 Å². The van der Waals surface area contributed by atoms with E-state index in [0.717, 1.165) is 41.9 Å². The topological polar surface area (TPSA) is 20.2 Å². The van der Waals surface area contributed by atoms with Crippen molar-refractivity contribution in [3.63, 3.8) is 0 Å². The lowest BCUT2D eigenvalue weighted by Gasteiger charge is -2.62. The maximum atomic E-state index is 10.6. The first-order valence-electron chi connectivity index (χ1n) is 13.9. The van der Waals surface area contributed by atoms with Gasteiger partial charge in [-0.05, 0) is 122 Å². The lowest BCUT2D eigenvalue weighted by molar-refractivity contribution is -0.148. The second-order valence-electron chi connectivity index (χ2n) is 13.6. The molecule has 0 heterocycles. The highest BCUT2D eigenvalue weighted by molar-refractivity contribution is 5.13. The summed E-state index contributed by atoms with van der Waals surface area (Å²) < 4.78 is 0. The van der Waals surface area contributed by atoms with Crippen LogP contribution in [-0.2, 0) is 0 Å². The van der Waals surface area contributed by atoms with Crippen molar-refractivity contribution in [2.75, 3.05) is 0 Å². The molecule has 0 radical (unpaired) electrons. The van der Waals surface area contributed by atoms with E-state index in [1.807, 2.05) is 0 Å². The molecular formula is C30H52O. The van der Waals surface area contributed by atoms with Crippen LogP contribution >= 0.6 is 0 Å². The third kappa shape index (κ3) is 3.77. The van der Waals surface area contributed by atoms with E-state index >= 15 is 0 Å². The molecule has 4 fully saturated rings. The first-order valence-corrected chi connectivity index (χ1v) is 13.9. The molecule has 11 atom stereocenters. The Bertz CT molecular complexity index is 678. The Morgan fingerprint density at radius 3 is 2.13 bits per heavy atom. The summed E-state index contributed by atoms with van der Waals surface area (Å²) in [4.78, 5) is 0. The Labute approximate surface area is 193 Å². The molecule has 2 unspecified atom stereocenters. The summed E-state index contributed by atoms with van der Waals surface area (Å²) in [5.41, 5.74) is 2.64. The van der Waals surface area contributed by atoms with Gasteiger partial charge in [-0.1, -0.05) is 60.1 Å². The van der Waals surface area contributed by atoms with Crippen molar-refractivity contribution in [2.45, 2.75) is 113 Å². The minimum Gasteiger partial charge on any atom is -0.393 e. The number of aliphatic hydroxyl groups excluding tert-OH is 1. The molecule has 0 aliphatic heterocycles. The Balaban J connectivity index is 1.53. The molecule has 4 aliphatic rings. The van der Waals surface area contributed by atoms with E-state index in [-0.39, 0.29) is 6.10 Å². The number of hydrogen-bond acceptors (Lipinski definition) is 1. The molecule has 31 heavy (non-hydrogen) atoms. The van der Waals surface area contributed by atoms with E-state index in [1.165, 1.54) is 44.9 Å². The van der Waals surface area contributed by atoms with Gasteiger partial charge >= 0.3 is 0 Å². The Hall–Kier alpha value is -0.300. The normalized spacial score (nSPS) is 49.9. The standard InChI is InChI=1S/C30H52O/c1-18(2)21(5)19(3)17-20(4)24-11-12-26-23-9-10-25-22(6)28(31)14-16-30(25,8)27(23)13-15-29(24,26)7/h17-18,20-28,31H,9-16H2,1-8H3/b19-17+/t20-,21?,22+,23+,24-,25+,26+,27+,28?,29-,30+/m1/s1. The average Bonchev–Trinajstić information content (AvgIpc) is 3.07. The molecule has 4 saturated carbocycles. The summed E-state index contributed by atoms with van der Waals surface area (Å²) in [6, 6.07) is 0. The molecule has 0 aromatic heterocycles. The molecule has 0 spiro atoms. The van der Waals surface area contributed by atoms with Gasteiger partial charge < -0.3 is 5.11 Å². The monoisotopic (exact) mass is 428 g/mol. The van der Waals surface area contributed by atoms with Crippen molar-refractivity contribution in [1.82, 2.24) is 0 Å². The first-order chi connectivity index (χ1) is 14.5. The van der Waals surface area contributed by atoms with E-state index in [0.29, 0.717) is 28.6 Å². The maximum absolute atomic E-state index is 10.6. The SMILES string of the molecule is C/C(=C\[C@@H](C)[C@H]1CC[C@H]2[C@@H]3CC[C@H]4[C@H](C)C(O)CC[C@]4(C)[C@H]3CC[C@]12C)C(C)C(C)C. The summed E-state index contributed by atoms with van der Waals surface area (Å²) in [5.74, 6) is 7.05. The number of hydrogen-bond donors (Lipinski definition) is 1. The number of fused-ring (bicyclic) bond motifs is 5. The van der Waals surface area contributed by atoms with E-state index in [4.69, 9.17) is 0 Å². The molecule has 1 N–H and O–H groups in total. The van der Waals surface area contributed by atoms with Crippen molar-refractivity contribution in [3.05, 3.63) is 11.6 Å². The molecule has 0 amide bonds. The van der Waals surface area contributed by atoms with Crippen molar-refractivity contribution in [2.24, 2.45) is 64.1 Å². The van der Waals surface area contributed by atoms with Gasteiger partial charge in [0, 0.05) is 0 Å². The van der Waals surface area contributed by atoms with Crippen molar-refractivity contribution >= 4 is 0 Å². The van der Waals surface area contributed by atoms with Crippen LogP contribution < -0.4 is 0 Å². The molecule has 4 aliphatic carbocycles. The van der Waals surface area contributed by atoms with Crippen LogP contribution in [0.3, 0.4) is 0 Å². The highest BCUT2D eigenvalue weighted by Gasteiger charge is 2.61. The molecule has 0 saturated heterocycles. The molecule has 0 bridgehead atoms. The molecule has 178 valence electrons. The Morgan fingerprint density at radius 1 is 0.839 bits per heavy atom. The van der Waals surface area contributed by atoms with Crippen molar-refractivity contribution < 1.29 is 5.11 Å². The predicted octanol–water partition coefficient (Wildman–Crippen LogP) is 8.13. The van der Waals surface area contributed by atoms with Gasteiger partial charge in [-0.25, -0.2) is 0 Å². The summed E-state index contributed by atoms with van der Waals surface area (Å²) in [7, 11) is 0. The lowest BCUT2D eigenvalue weighted by Crippen LogP contribution is -2.56. The van der Waals surface area contributed by atoms with E-state index in [2.05, 4.69) is 61.5 Å². The minimum atomic E-state index is -0.0524. The number of rotatable bonds is 4. The molecular weight excluding hydrogens is 376 g/mol. The molecule has 4 rings (SSSR count). The number of allylic oxidation sites excluding steroid dienone is 2. The summed E-state index contributed by atoms with van der Waals surface area (Å²) in [5, 5.41) is 10.6. The van der Waals surface area contributed by atoms with Crippen LogP contribution in [0.1, 0.15) is 107 Å².